The lowest BCUT2D eigenvalue weighted by Crippen LogP contribution is -2.41. The first-order valence-corrected chi connectivity index (χ1v) is 6.63. The second-order valence-electron chi connectivity index (χ2n) is 4.97. The molecule has 1 aliphatic heterocycles. The predicted octanol–water partition coefficient (Wildman–Crippen LogP) is 2.12. The lowest BCUT2D eigenvalue weighted by Gasteiger charge is -2.40. The molecule has 17 heavy (non-hydrogen) atoms. The summed E-state index contributed by atoms with van der Waals surface area (Å²) in [4.78, 5) is 7.11. The smallest absolute Gasteiger partial charge is 0.0578 e. The Bertz CT molecular complexity index is 335. The van der Waals surface area contributed by atoms with Gasteiger partial charge in [0.15, 0.2) is 0 Å². The molecule has 2 N–H and O–H groups in total. The molecule has 94 valence electrons. The first kappa shape index (κ1) is 12.5. The molecule has 0 aliphatic carbocycles. The predicted molar refractivity (Wildman–Crippen MR) is 70.7 cm³/mol. The summed E-state index contributed by atoms with van der Waals surface area (Å²) in [7, 11) is 0. The van der Waals surface area contributed by atoms with Gasteiger partial charge in [0.25, 0.3) is 0 Å². The number of hydrogen-bond donors (Lipinski definition) is 1. The van der Waals surface area contributed by atoms with Gasteiger partial charge in [-0.25, -0.2) is 0 Å². The number of nitrogens with zero attached hydrogens (tertiary/aromatic N) is 2. The molecular formula is C14H23N3. The minimum atomic E-state index is 0.416. The molecule has 0 spiro atoms. The summed E-state index contributed by atoms with van der Waals surface area (Å²) in [5, 5.41) is 0. The fourth-order valence-electron chi connectivity index (χ4n) is 2.84. The second-order valence-corrected chi connectivity index (χ2v) is 4.97. The van der Waals surface area contributed by atoms with Crippen molar-refractivity contribution in [2.45, 2.75) is 32.7 Å². The maximum Gasteiger partial charge on any atom is 0.0578 e. The zero-order valence-electron chi connectivity index (χ0n) is 10.9. The molecule has 1 saturated heterocycles. The highest BCUT2D eigenvalue weighted by Crippen LogP contribution is 2.34. The largest absolute Gasteiger partial charge is 0.330 e. The molecule has 3 heteroatoms. The average molecular weight is 233 g/mol. The molecule has 0 bridgehead atoms. The third kappa shape index (κ3) is 2.67. The number of aromatic nitrogens is 1. The zero-order valence-corrected chi connectivity index (χ0v) is 10.9. The van der Waals surface area contributed by atoms with Crippen molar-refractivity contribution in [2.24, 2.45) is 11.7 Å². The molecule has 0 aromatic carbocycles. The summed E-state index contributed by atoms with van der Waals surface area (Å²) in [5.74, 6) is 0.555. The van der Waals surface area contributed by atoms with Crippen molar-refractivity contribution in [2.75, 3.05) is 19.6 Å². The lowest BCUT2D eigenvalue weighted by atomic mass is 9.87. The van der Waals surface area contributed by atoms with Gasteiger partial charge in [-0.3, -0.25) is 9.88 Å². The van der Waals surface area contributed by atoms with Gasteiger partial charge < -0.3 is 5.73 Å². The van der Waals surface area contributed by atoms with Crippen LogP contribution in [0.4, 0.5) is 0 Å². The van der Waals surface area contributed by atoms with Crippen molar-refractivity contribution in [1.29, 1.82) is 0 Å². The molecule has 2 unspecified atom stereocenters. The van der Waals surface area contributed by atoms with Crippen LogP contribution >= 0.6 is 0 Å². The summed E-state index contributed by atoms with van der Waals surface area (Å²) in [6.07, 6.45) is 4.46. The van der Waals surface area contributed by atoms with Gasteiger partial charge in [-0.2, -0.15) is 0 Å². The van der Waals surface area contributed by atoms with E-state index in [1.807, 2.05) is 6.20 Å². The first-order valence-electron chi connectivity index (χ1n) is 6.63. The number of aryl methyl sites for hydroxylation is 1. The van der Waals surface area contributed by atoms with Gasteiger partial charge in [-0.1, -0.05) is 13.0 Å². The third-order valence-corrected chi connectivity index (χ3v) is 3.81. The monoisotopic (exact) mass is 233 g/mol. The number of hydrogen-bond acceptors (Lipinski definition) is 3. The Hall–Kier alpha value is -0.930. The van der Waals surface area contributed by atoms with E-state index in [0.717, 1.165) is 13.1 Å². The van der Waals surface area contributed by atoms with Gasteiger partial charge in [0.1, 0.15) is 0 Å². The van der Waals surface area contributed by atoms with E-state index in [2.05, 4.69) is 35.9 Å². The highest BCUT2D eigenvalue weighted by Gasteiger charge is 2.31. The SMILES string of the molecule is CCN1CCCC(CN)C1c1ccc(C)cn1. The summed E-state index contributed by atoms with van der Waals surface area (Å²) >= 11 is 0. The maximum atomic E-state index is 5.92. The zero-order chi connectivity index (χ0) is 12.3. The van der Waals surface area contributed by atoms with Crippen LogP contribution in [0.15, 0.2) is 18.3 Å². The molecule has 1 aromatic heterocycles. The Labute approximate surface area is 104 Å². The van der Waals surface area contributed by atoms with Crippen LogP contribution in [0.25, 0.3) is 0 Å². The van der Waals surface area contributed by atoms with Gasteiger partial charge in [0.2, 0.25) is 0 Å². The molecule has 1 aromatic rings. The van der Waals surface area contributed by atoms with E-state index in [1.165, 1.54) is 30.6 Å². The topological polar surface area (TPSA) is 42.1 Å². The van der Waals surface area contributed by atoms with Gasteiger partial charge in [0.05, 0.1) is 11.7 Å². The van der Waals surface area contributed by atoms with Crippen molar-refractivity contribution in [3.63, 3.8) is 0 Å². The van der Waals surface area contributed by atoms with Crippen LogP contribution in [0, 0.1) is 12.8 Å². The normalized spacial score (nSPS) is 26.1. The van der Waals surface area contributed by atoms with E-state index in [-0.39, 0.29) is 0 Å². The van der Waals surface area contributed by atoms with Crippen LogP contribution < -0.4 is 5.73 Å². The molecule has 1 aliphatic rings. The number of piperidine rings is 1. The Morgan fingerprint density at radius 3 is 2.88 bits per heavy atom. The molecule has 3 nitrogen and oxygen atoms in total. The van der Waals surface area contributed by atoms with E-state index < -0.39 is 0 Å². The molecule has 1 fully saturated rings. The lowest BCUT2D eigenvalue weighted by molar-refractivity contribution is 0.0989. The van der Waals surface area contributed by atoms with Crippen LogP contribution in [0.1, 0.15) is 37.1 Å². The number of rotatable bonds is 3. The average Bonchev–Trinajstić information content (AvgIpc) is 2.38. The molecule has 2 atom stereocenters. The Morgan fingerprint density at radius 2 is 2.29 bits per heavy atom. The molecule has 0 saturated carbocycles. The summed E-state index contributed by atoms with van der Waals surface area (Å²) in [6.45, 7) is 7.32. The third-order valence-electron chi connectivity index (χ3n) is 3.81. The molecule has 0 radical (unpaired) electrons. The van der Waals surface area contributed by atoms with Crippen molar-refractivity contribution in [3.8, 4) is 0 Å². The van der Waals surface area contributed by atoms with E-state index in [1.54, 1.807) is 0 Å². The molecule has 2 rings (SSSR count). The number of nitrogens with two attached hydrogens (primary N) is 1. The number of pyridine rings is 1. The number of likely N-dealkylation sites (tertiary alicyclic amines) is 1. The van der Waals surface area contributed by atoms with Crippen LogP contribution in [0.3, 0.4) is 0 Å². The standard InChI is InChI=1S/C14H23N3/c1-3-17-8-4-5-12(9-15)14(17)13-7-6-11(2)10-16-13/h6-7,10,12,14H,3-5,8-9,15H2,1-2H3. The van der Waals surface area contributed by atoms with Crippen molar-refractivity contribution < 1.29 is 0 Å². The molecule has 2 heterocycles. The van der Waals surface area contributed by atoms with E-state index in [4.69, 9.17) is 5.73 Å². The minimum Gasteiger partial charge on any atom is -0.330 e. The van der Waals surface area contributed by atoms with Gasteiger partial charge >= 0.3 is 0 Å². The molecular weight excluding hydrogens is 210 g/mol. The van der Waals surface area contributed by atoms with Crippen LogP contribution in [-0.4, -0.2) is 29.5 Å². The van der Waals surface area contributed by atoms with Crippen molar-refractivity contribution >= 4 is 0 Å². The summed E-state index contributed by atoms with van der Waals surface area (Å²) in [6, 6.07) is 4.73. The quantitative estimate of drug-likeness (QED) is 0.869. The van der Waals surface area contributed by atoms with E-state index >= 15 is 0 Å². The highest BCUT2D eigenvalue weighted by molar-refractivity contribution is 5.16. The highest BCUT2D eigenvalue weighted by atomic mass is 15.2. The van der Waals surface area contributed by atoms with Gasteiger partial charge in [0, 0.05) is 6.20 Å². The van der Waals surface area contributed by atoms with E-state index in [9.17, 15) is 0 Å². The van der Waals surface area contributed by atoms with Crippen LogP contribution in [-0.2, 0) is 0 Å². The minimum absolute atomic E-state index is 0.416. The van der Waals surface area contributed by atoms with E-state index in [0.29, 0.717) is 12.0 Å². The van der Waals surface area contributed by atoms with Gasteiger partial charge in [-0.15, -0.1) is 0 Å². The Morgan fingerprint density at radius 1 is 1.47 bits per heavy atom. The maximum absolute atomic E-state index is 5.92. The van der Waals surface area contributed by atoms with Crippen molar-refractivity contribution in [3.05, 3.63) is 29.6 Å². The summed E-state index contributed by atoms with van der Waals surface area (Å²) < 4.78 is 0. The second kappa shape index (κ2) is 5.61. The Balaban J connectivity index is 2.26. The van der Waals surface area contributed by atoms with Crippen molar-refractivity contribution in [1.82, 2.24) is 9.88 Å². The van der Waals surface area contributed by atoms with Crippen LogP contribution in [0.5, 0.6) is 0 Å². The first-order chi connectivity index (χ1) is 8.26. The fraction of sp³-hybridized carbons (Fsp3) is 0.643. The molecule has 0 amide bonds. The summed E-state index contributed by atoms with van der Waals surface area (Å²) in [5.41, 5.74) is 8.33. The Kier molecular flexibility index (Phi) is 4.13. The van der Waals surface area contributed by atoms with Gasteiger partial charge in [-0.05, 0) is 56.9 Å². The fourth-order valence-corrected chi connectivity index (χ4v) is 2.84. The van der Waals surface area contributed by atoms with Crippen LogP contribution in [0.2, 0.25) is 0 Å².